The number of nitrogens with one attached hydrogen (secondary N) is 1. The Hall–Kier alpha value is -2.12. The van der Waals surface area contributed by atoms with Gasteiger partial charge in [0.05, 0.1) is 5.75 Å². The van der Waals surface area contributed by atoms with Gasteiger partial charge in [-0.3, -0.25) is 9.59 Å². The van der Waals surface area contributed by atoms with Crippen LogP contribution in [0.2, 0.25) is 5.02 Å². The van der Waals surface area contributed by atoms with Crippen LogP contribution in [0.1, 0.15) is 31.4 Å². The van der Waals surface area contributed by atoms with Gasteiger partial charge in [-0.1, -0.05) is 42.8 Å². The highest BCUT2D eigenvalue weighted by Crippen LogP contribution is 2.24. The molecule has 0 fully saturated rings. The van der Waals surface area contributed by atoms with Gasteiger partial charge in [-0.05, 0) is 31.5 Å². The normalized spacial score (nSPS) is 11.8. The highest BCUT2D eigenvalue weighted by Gasteiger charge is 2.26. The SMILES string of the molecule is CCCNC(=O)[C@H](C)N(Cc1ccccc1F)C(=O)CSCc1c(F)cccc1Cl. The predicted molar refractivity (Wildman–Crippen MR) is 117 cm³/mol. The molecule has 2 aromatic carbocycles. The Morgan fingerprint density at radius 2 is 1.83 bits per heavy atom. The molecule has 0 unspecified atom stereocenters. The predicted octanol–water partition coefficient (Wildman–Crippen LogP) is 4.79. The Labute approximate surface area is 185 Å². The largest absolute Gasteiger partial charge is 0.354 e. The van der Waals surface area contributed by atoms with Gasteiger partial charge in [0.15, 0.2) is 0 Å². The first kappa shape index (κ1) is 24.2. The summed E-state index contributed by atoms with van der Waals surface area (Å²) in [6, 6.07) is 9.79. The first-order chi connectivity index (χ1) is 14.3. The molecule has 2 aromatic rings. The van der Waals surface area contributed by atoms with E-state index in [0.29, 0.717) is 22.7 Å². The van der Waals surface area contributed by atoms with E-state index in [1.54, 1.807) is 31.2 Å². The molecule has 30 heavy (non-hydrogen) atoms. The van der Waals surface area contributed by atoms with E-state index < -0.39 is 17.7 Å². The van der Waals surface area contributed by atoms with Crippen molar-refractivity contribution < 1.29 is 18.4 Å². The molecule has 4 nitrogen and oxygen atoms in total. The fourth-order valence-electron chi connectivity index (χ4n) is 2.78. The Bertz CT molecular complexity index is 862. The summed E-state index contributed by atoms with van der Waals surface area (Å²) in [6.07, 6.45) is 0.763. The standard InChI is InChI=1S/C22H25ClF2N2O2S/c1-3-11-26-22(29)15(2)27(12-16-7-4-5-9-19(16)24)21(28)14-30-13-17-18(23)8-6-10-20(17)25/h4-10,15H,3,11-14H2,1-2H3,(H,26,29)/t15-/m0/s1. The van der Waals surface area contributed by atoms with Gasteiger partial charge >= 0.3 is 0 Å². The van der Waals surface area contributed by atoms with Gasteiger partial charge in [-0.15, -0.1) is 11.8 Å². The summed E-state index contributed by atoms with van der Waals surface area (Å²) < 4.78 is 28.1. The molecule has 2 amide bonds. The first-order valence-electron chi connectivity index (χ1n) is 9.66. The zero-order chi connectivity index (χ0) is 22.1. The van der Waals surface area contributed by atoms with Gasteiger partial charge in [-0.25, -0.2) is 8.78 Å². The second-order valence-electron chi connectivity index (χ2n) is 6.77. The maximum absolute atomic E-state index is 14.1. The summed E-state index contributed by atoms with van der Waals surface area (Å²) in [5.74, 6) is -1.30. The molecule has 162 valence electrons. The maximum atomic E-state index is 14.1. The van der Waals surface area contributed by atoms with E-state index >= 15 is 0 Å². The molecule has 0 heterocycles. The summed E-state index contributed by atoms with van der Waals surface area (Å²) in [4.78, 5) is 26.7. The second-order valence-corrected chi connectivity index (χ2v) is 8.17. The van der Waals surface area contributed by atoms with Crippen molar-refractivity contribution in [1.82, 2.24) is 10.2 Å². The molecule has 1 atom stereocenters. The Balaban J connectivity index is 2.11. The lowest BCUT2D eigenvalue weighted by molar-refractivity contribution is -0.138. The lowest BCUT2D eigenvalue weighted by Crippen LogP contribution is -2.48. The van der Waals surface area contributed by atoms with Crippen LogP contribution in [0.25, 0.3) is 0 Å². The van der Waals surface area contributed by atoms with Crippen LogP contribution in [0.4, 0.5) is 8.78 Å². The topological polar surface area (TPSA) is 49.4 Å². The van der Waals surface area contributed by atoms with Gasteiger partial charge in [0.2, 0.25) is 11.8 Å². The molecule has 0 bridgehead atoms. The molecular formula is C22H25ClF2N2O2S. The maximum Gasteiger partial charge on any atom is 0.242 e. The van der Waals surface area contributed by atoms with Crippen molar-refractivity contribution in [3.8, 4) is 0 Å². The van der Waals surface area contributed by atoms with E-state index in [1.165, 1.54) is 34.9 Å². The van der Waals surface area contributed by atoms with E-state index in [2.05, 4.69) is 5.32 Å². The van der Waals surface area contributed by atoms with Crippen molar-refractivity contribution in [1.29, 1.82) is 0 Å². The third kappa shape index (κ3) is 6.71. The molecule has 0 radical (unpaired) electrons. The summed E-state index contributed by atoms with van der Waals surface area (Å²) in [5.41, 5.74) is 0.648. The fraction of sp³-hybridized carbons (Fsp3) is 0.364. The molecule has 1 N–H and O–H groups in total. The molecule has 0 aliphatic heterocycles. The van der Waals surface area contributed by atoms with E-state index in [9.17, 15) is 18.4 Å². The Morgan fingerprint density at radius 1 is 1.13 bits per heavy atom. The number of benzene rings is 2. The van der Waals surface area contributed by atoms with E-state index in [4.69, 9.17) is 11.6 Å². The van der Waals surface area contributed by atoms with Gasteiger partial charge in [0, 0.05) is 35.0 Å². The van der Waals surface area contributed by atoms with Gasteiger partial charge < -0.3 is 10.2 Å². The average Bonchev–Trinajstić information content (AvgIpc) is 2.72. The minimum absolute atomic E-state index is 0.00448. The lowest BCUT2D eigenvalue weighted by Gasteiger charge is -2.29. The number of halogens is 3. The van der Waals surface area contributed by atoms with Crippen molar-refractivity contribution in [3.63, 3.8) is 0 Å². The van der Waals surface area contributed by atoms with Crippen molar-refractivity contribution in [2.24, 2.45) is 0 Å². The van der Waals surface area contributed by atoms with Gasteiger partial charge in [-0.2, -0.15) is 0 Å². The van der Waals surface area contributed by atoms with E-state index in [-0.39, 0.29) is 29.9 Å². The first-order valence-corrected chi connectivity index (χ1v) is 11.2. The highest BCUT2D eigenvalue weighted by atomic mass is 35.5. The molecule has 0 saturated carbocycles. The number of amides is 2. The van der Waals surface area contributed by atoms with Gasteiger partial charge in [0.1, 0.15) is 17.7 Å². The molecular weight excluding hydrogens is 430 g/mol. The van der Waals surface area contributed by atoms with Crippen LogP contribution in [0.15, 0.2) is 42.5 Å². The number of nitrogens with zero attached hydrogens (tertiary/aromatic N) is 1. The molecule has 8 heteroatoms. The van der Waals surface area contributed by atoms with Crippen LogP contribution in [0, 0.1) is 11.6 Å². The zero-order valence-electron chi connectivity index (χ0n) is 17.0. The van der Waals surface area contributed by atoms with E-state index in [0.717, 1.165) is 6.42 Å². The van der Waals surface area contributed by atoms with Gasteiger partial charge in [0.25, 0.3) is 0 Å². The second kappa shape index (κ2) is 11.9. The number of hydrogen-bond acceptors (Lipinski definition) is 3. The molecule has 0 spiro atoms. The highest BCUT2D eigenvalue weighted by molar-refractivity contribution is 7.99. The number of hydrogen-bond donors (Lipinski definition) is 1. The quantitative estimate of drug-likeness (QED) is 0.561. The lowest BCUT2D eigenvalue weighted by atomic mass is 10.1. The summed E-state index contributed by atoms with van der Waals surface area (Å²) in [5, 5.41) is 3.06. The third-order valence-corrected chi connectivity index (χ3v) is 5.85. The molecule has 0 aliphatic carbocycles. The summed E-state index contributed by atoms with van der Waals surface area (Å²) in [6.45, 7) is 4.00. The molecule has 0 saturated heterocycles. The van der Waals surface area contributed by atoms with Crippen LogP contribution >= 0.6 is 23.4 Å². The third-order valence-electron chi connectivity index (χ3n) is 4.55. The van der Waals surface area contributed by atoms with Crippen molar-refractivity contribution >= 4 is 35.2 Å². The minimum atomic E-state index is -0.777. The summed E-state index contributed by atoms with van der Waals surface area (Å²) in [7, 11) is 0. The zero-order valence-corrected chi connectivity index (χ0v) is 18.5. The Kier molecular flexibility index (Phi) is 9.59. The monoisotopic (exact) mass is 454 g/mol. The fourth-order valence-corrected chi connectivity index (χ4v) is 4.03. The Morgan fingerprint density at radius 3 is 2.50 bits per heavy atom. The van der Waals surface area contributed by atoms with Crippen molar-refractivity contribution in [2.75, 3.05) is 12.3 Å². The van der Waals surface area contributed by atoms with E-state index in [1.807, 2.05) is 6.92 Å². The molecule has 0 aromatic heterocycles. The van der Waals surface area contributed by atoms with Crippen LogP contribution in [-0.2, 0) is 21.9 Å². The number of thioether (sulfide) groups is 1. The molecule has 0 aliphatic rings. The summed E-state index contributed by atoms with van der Waals surface area (Å²) >= 11 is 7.22. The van der Waals surface area contributed by atoms with Crippen LogP contribution in [0.5, 0.6) is 0 Å². The number of rotatable bonds is 10. The number of carbonyl (C=O) groups is 2. The van der Waals surface area contributed by atoms with Crippen LogP contribution in [0.3, 0.4) is 0 Å². The number of carbonyl (C=O) groups excluding carboxylic acids is 2. The van der Waals surface area contributed by atoms with Crippen LogP contribution < -0.4 is 5.32 Å². The van der Waals surface area contributed by atoms with Crippen LogP contribution in [-0.4, -0.2) is 35.1 Å². The minimum Gasteiger partial charge on any atom is -0.354 e. The average molecular weight is 455 g/mol. The molecule has 2 rings (SSSR count). The van der Waals surface area contributed by atoms with Crippen molar-refractivity contribution in [3.05, 3.63) is 70.2 Å². The smallest absolute Gasteiger partial charge is 0.242 e. The van der Waals surface area contributed by atoms with Crippen molar-refractivity contribution in [2.45, 2.75) is 38.6 Å².